The van der Waals surface area contributed by atoms with Crippen molar-refractivity contribution in [2.45, 2.75) is 20.8 Å². The van der Waals surface area contributed by atoms with Gasteiger partial charge in [-0.25, -0.2) is 0 Å². The maximum absolute atomic E-state index is 9.00. The molecule has 0 bridgehead atoms. The maximum atomic E-state index is 9.00. The Labute approximate surface area is 101 Å². The van der Waals surface area contributed by atoms with Crippen molar-refractivity contribution >= 4 is 17.9 Å². The van der Waals surface area contributed by atoms with Crippen LogP contribution in [-0.4, -0.2) is 33.2 Å². The minimum absolute atomic E-state index is 0. The van der Waals surface area contributed by atoms with E-state index in [1.165, 1.54) is 0 Å². The minimum atomic E-state index is -0.833. The van der Waals surface area contributed by atoms with Crippen LogP contribution in [0.5, 0.6) is 0 Å². The molecule has 0 spiro atoms. The van der Waals surface area contributed by atoms with E-state index < -0.39 is 17.9 Å². The zero-order valence-corrected chi connectivity index (χ0v) is 10.5. The van der Waals surface area contributed by atoms with Crippen LogP contribution in [0, 0.1) is 0 Å². The summed E-state index contributed by atoms with van der Waals surface area (Å²) in [7, 11) is 0. The smallest absolute Gasteiger partial charge is 0.481 e. The number of hydrogen-bond donors (Lipinski definition) is 3. The third-order valence-corrected chi connectivity index (χ3v) is 0. The SMILES string of the molecule is CC(=O)O.CC(=O)O.CC(=O)O.[Y+3]. The van der Waals surface area contributed by atoms with Gasteiger partial charge in [-0.05, 0) is 0 Å². The van der Waals surface area contributed by atoms with Crippen LogP contribution in [0.2, 0.25) is 0 Å². The van der Waals surface area contributed by atoms with Crippen LogP contribution in [0.4, 0.5) is 0 Å². The molecular formula is C6H12O6Y+3. The van der Waals surface area contributed by atoms with Gasteiger partial charge in [-0.2, -0.15) is 0 Å². The zero-order chi connectivity index (χ0) is 10.7. The van der Waals surface area contributed by atoms with Gasteiger partial charge in [0, 0.05) is 20.8 Å². The van der Waals surface area contributed by atoms with Crippen molar-refractivity contribution in [2.24, 2.45) is 0 Å². The third kappa shape index (κ3) is 4410. The molecule has 0 radical (unpaired) electrons. The summed E-state index contributed by atoms with van der Waals surface area (Å²) >= 11 is 0. The topological polar surface area (TPSA) is 112 Å². The minimum Gasteiger partial charge on any atom is -0.481 e. The average Bonchev–Trinajstić information content (AvgIpc) is 1.54. The van der Waals surface area contributed by atoms with Crippen LogP contribution in [0.3, 0.4) is 0 Å². The van der Waals surface area contributed by atoms with Gasteiger partial charge in [0.15, 0.2) is 0 Å². The van der Waals surface area contributed by atoms with Crippen LogP contribution >= 0.6 is 0 Å². The molecular weight excluding hydrogens is 257 g/mol. The van der Waals surface area contributed by atoms with E-state index in [1.54, 1.807) is 0 Å². The van der Waals surface area contributed by atoms with Gasteiger partial charge in [-0.1, -0.05) is 0 Å². The molecule has 13 heavy (non-hydrogen) atoms. The fraction of sp³-hybridized carbons (Fsp3) is 0.500. The first-order chi connectivity index (χ1) is 5.20. The molecule has 6 nitrogen and oxygen atoms in total. The summed E-state index contributed by atoms with van der Waals surface area (Å²) in [5, 5.41) is 22.2. The predicted octanol–water partition coefficient (Wildman–Crippen LogP) is 0.270. The molecule has 0 rings (SSSR count). The molecule has 0 aromatic heterocycles. The van der Waals surface area contributed by atoms with Gasteiger partial charge in [-0.15, -0.1) is 0 Å². The second-order valence-electron chi connectivity index (χ2n) is 1.56. The van der Waals surface area contributed by atoms with Gasteiger partial charge < -0.3 is 15.3 Å². The standard InChI is InChI=1S/3C2H4O2.Y/c3*1-2(3)4;/h3*1H3,(H,3,4);/q;;;+3. The van der Waals surface area contributed by atoms with Crippen LogP contribution in [0.25, 0.3) is 0 Å². The number of carboxylic acids is 3. The van der Waals surface area contributed by atoms with E-state index in [9.17, 15) is 0 Å². The van der Waals surface area contributed by atoms with E-state index >= 15 is 0 Å². The molecule has 72 valence electrons. The molecule has 0 aromatic carbocycles. The summed E-state index contributed by atoms with van der Waals surface area (Å²) in [5.74, 6) is -2.50. The van der Waals surface area contributed by atoms with Crippen LogP contribution in [0.1, 0.15) is 20.8 Å². The Hall–Kier alpha value is -0.486. The Morgan fingerprint density at radius 1 is 0.692 bits per heavy atom. The molecule has 0 aromatic rings. The van der Waals surface area contributed by atoms with Crippen molar-refractivity contribution in [1.82, 2.24) is 0 Å². The van der Waals surface area contributed by atoms with Crippen molar-refractivity contribution in [2.75, 3.05) is 0 Å². The molecule has 0 amide bonds. The van der Waals surface area contributed by atoms with E-state index in [0.29, 0.717) is 0 Å². The zero-order valence-electron chi connectivity index (χ0n) is 7.64. The summed E-state index contributed by atoms with van der Waals surface area (Å²) < 4.78 is 0. The molecule has 0 unspecified atom stereocenters. The van der Waals surface area contributed by atoms with Gasteiger partial charge in [0.25, 0.3) is 17.9 Å². The monoisotopic (exact) mass is 269 g/mol. The summed E-state index contributed by atoms with van der Waals surface area (Å²) in [6.45, 7) is 3.25. The number of aliphatic carboxylic acids is 3. The summed E-state index contributed by atoms with van der Waals surface area (Å²) in [6.07, 6.45) is 0. The number of rotatable bonds is 0. The summed E-state index contributed by atoms with van der Waals surface area (Å²) in [4.78, 5) is 27.0. The fourth-order valence-corrected chi connectivity index (χ4v) is 0. The van der Waals surface area contributed by atoms with Gasteiger partial charge in [0.05, 0.1) is 0 Å². The largest absolute Gasteiger partial charge is 3.00 e. The van der Waals surface area contributed by atoms with E-state index in [-0.39, 0.29) is 32.7 Å². The average molecular weight is 269 g/mol. The maximum Gasteiger partial charge on any atom is 3.00 e. The molecule has 7 heteroatoms. The van der Waals surface area contributed by atoms with Gasteiger partial charge in [0.2, 0.25) is 0 Å². The molecule has 0 aliphatic rings. The molecule has 0 saturated heterocycles. The second kappa shape index (κ2) is 17.6. The fourth-order valence-electron chi connectivity index (χ4n) is 0. The first-order valence-corrected chi connectivity index (χ1v) is 2.78. The van der Waals surface area contributed by atoms with Crippen molar-refractivity contribution in [3.63, 3.8) is 0 Å². The first-order valence-electron chi connectivity index (χ1n) is 2.78. The number of carbonyl (C=O) groups is 3. The predicted molar refractivity (Wildman–Crippen MR) is 39.9 cm³/mol. The molecule has 3 N–H and O–H groups in total. The van der Waals surface area contributed by atoms with Crippen molar-refractivity contribution in [3.05, 3.63) is 0 Å². The van der Waals surface area contributed by atoms with E-state index in [4.69, 9.17) is 29.7 Å². The van der Waals surface area contributed by atoms with Crippen LogP contribution in [-0.2, 0) is 47.1 Å². The molecule has 0 aliphatic carbocycles. The molecule has 0 fully saturated rings. The van der Waals surface area contributed by atoms with Gasteiger partial charge in [-0.3, -0.25) is 14.4 Å². The number of hydrogen-bond acceptors (Lipinski definition) is 3. The quantitative estimate of drug-likeness (QED) is 0.582. The van der Waals surface area contributed by atoms with E-state index in [0.717, 1.165) is 20.8 Å². The molecule has 0 heterocycles. The number of carboxylic acid groups (broad SMARTS) is 3. The van der Waals surface area contributed by atoms with Gasteiger partial charge in [0.1, 0.15) is 0 Å². The Morgan fingerprint density at radius 2 is 0.692 bits per heavy atom. The van der Waals surface area contributed by atoms with E-state index in [2.05, 4.69) is 0 Å². The molecule has 0 atom stereocenters. The van der Waals surface area contributed by atoms with Gasteiger partial charge >= 0.3 is 32.7 Å². The second-order valence-corrected chi connectivity index (χ2v) is 1.56. The Morgan fingerprint density at radius 3 is 0.692 bits per heavy atom. The Bertz CT molecular complexity index is 115. The third-order valence-electron chi connectivity index (χ3n) is 0. The molecule has 0 aliphatic heterocycles. The molecule has 0 saturated carbocycles. The van der Waals surface area contributed by atoms with Crippen LogP contribution < -0.4 is 0 Å². The summed E-state index contributed by atoms with van der Waals surface area (Å²) in [5.41, 5.74) is 0. The summed E-state index contributed by atoms with van der Waals surface area (Å²) in [6, 6.07) is 0. The van der Waals surface area contributed by atoms with Crippen molar-refractivity contribution in [1.29, 1.82) is 0 Å². The van der Waals surface area contributed by atoms with Crippen LogP contribution in [0.15, 0.2) is 0 Å². The Balaban J connectivity index is -0.0000000450. The van der Waals surface area contributed by atoms with Crippen molar-refractivity contribution in [3.8, 4) is 0 Å². The normalized spacial score (nSPS) is 5.77. The first kappa shape index (κ1) is 22.9. The Kier molecular flexibility index (Phi) is 30.9. The van der Waals surface area contributed by atoms with E-state index in [1.807, 2.05) is 0 Å². The van der Waals surface area contributed by atoms with Crippen molar-refractivity contribution < 1.29 is 62.4 Å².